The summed E-state index contributed by atoms with van der Waals surface area (Å²) in [5.41, 5.74) is 0.989. The molecular weight excluding hydrogens is 252 g/mol. The van der Waals surface area contributed by atoms with Gasteiger partial charge in [-0.1, -0.05) is 0 Å². The molecule has 6 heteroatoms. The van der Waals surface area contributed by atoms with E-state index < -0.39 is 16.1 Å². The van der Waals surface area contributed by atoms with Gasteiger partial charge in [0.05, 0.1) is 22.6 Å². The number of nitrogens with zero attached hydrogens (tertiary/aromatic N) is 2. The van der Waals surface area contributed by atoms with Gasteiger partial charge in [0.15, 0.2) is 0 Å². The van der Waals surface area contributed by atoms with Gasteiger partial charge in [-0.25, -0.2) is 8.42 Å². The Balaban J connectivity index is 2.39. The second kappa shape index (κ2) is 4.69. The van der Waals surface area contributed by atoms with Gasteiger partial charge >= 0.3 is 0 Å². The maximum absolute atomic E-state index is 12.3. The van der Waals surface area contributed by atoms with Gasteiger partial charge in [-0.2, -0.15) is 9.57 Å². The summed E-state index contributed by atoms with van der Waals surface area (Å²) >= 11 is 0. The minimum Gasteiger partial charge on any atom is -0.392 e. The van der Waals surface area contributed by atoms with Crippen LogP contribution in [-0.4, -0.2) is 37.0 Å². The van der Waals surface area contributed by atoms with Crippen LogP contribution in [0.15, 0.2) is 23.1 Å². The predicted octanol–water partition coefficient (Wildman–Crippen LogP) is 0.622. The molecule has 18 heavy (non-hydrogen) atoms. The fourth-order valence-electron chi connectivity index (χ4n) is 2.08. The number of rotatable bonds is 2. The lowest BCUT2D eigenvalue weighted by Crippen LogP contribution is -2.30. The van der Waals surface area contributed by atoms with Crippen LogP contribution in [0.25, 0.3) is 0 Å². The van der Waals surface area contributed by atoms with E-state index in [-0.39, 0.29) is 11.4 Å². The highest BCUT2D eigenvalue weighted by Crippen LogP contribution is 2.24. The maximum atomic E-state index is 12.3. The Bertz CT molecular complexity index is 604. The Hall–Kier alpha value is -1.42. The summed E-state index contributed by atoms with van der Waals surface area (Å²) in [6.45, 7) is 2.14. The molecule has 0 bridgehead atoms. The van der Waals surface area contributed by atoms with Gasteiger partial charge in [-0.05, 0) is 37.1 Å². The number of hydrogen-bond donors (Lipinski definition) is 1. The first-order valence-electron chi connectivity index (χ1n) is 5.64. The van der Waals surface area contributed by atoms with Crippen molar-refractivity contribution in [3.63, 3.8) is 0 Å². The maximum Gasteiger partial charge on any atom is 0.243 e. The van der Waals surface area contributed by atoms with E-state index in [0.29, 0.717) is 24.1 Å². The molecule has 0 unspecified atom stereocenters. The van der Waals surface area contributed by atoms with Crippen molar-refractivity contribution in [2.75, 3.05) is 13.1 Å². The van der Waals surface area contributed by atoms with Crippen LogP contribution in [0.5, 0.6) is 0 Å². The van der Waals surface area contributed by atoms with Gasteiger partial charge in [0, 0.05) is 13.1 Å². The second-order valence-electron chi connectivity index (χ2n) is 4.40. The molecular formula is C12H14N2O3S. The smallest absolute Gasteiger partial charge is 0.243 e. The van der Waals surface area contributed by atoms with Crippen molar-refractivity contribution in [1.82, 2.24) is 4.31 Å². The highest BCUT2D eigenvalue weighted by atomic mass is 32.2. The van der Waals surface area contributed by atoms with E-state index in [1.54, 1.807) is 13.0 Å². The van der Waals surface area contributed by atoms with E-state index in [2.05, 4.69) is 0 Å². The lowest BCUT2D eigenvalue weighted by atomic mass is 10.2. The van der Waals surface area contributed by atoms with E-state index in [9.17, 15) is 13.5 Å². The van der Waals surface area contributed by atoms with Crippen molar-refractivity contribution in [3.8, 4) is 6.07 Å². The molecule has 0 spiro atoms. The van der Waals surface area contributed by atoms with Crippen molar-refractivity contribution >= 4 is 10.0 Å². The Labute approximate surface area is 106 Å². The SMILES string of the molecule is Cc1cc(C#N)ccc1S(=O)(=O)N1CC[C@H](O)C1. The Morgan fingerprint density at radius 3 is 2.72 bits per heavy atom. The third kappa shape index (κ3) is 2.25. The van der Waals surface area contributed by atoms with Gasteiger partial charge in [0.1, 0.15) is 0 Å². The molecule has 1 atom stereocenters. The minimum atomic E-state index is -3.56. The lowest BCUT2D eigenvalue weighted by Gasteiger charge is -2.17. The Kier molecular flexibility index (Phi) is 3.39. The first-order chi connectivity index (χ1) is 8.45. The predicted molar refractivity (Wildman–Crippen MR) is 65.3 cm³/mol. The topological polar surface area (TPSA) is 81.4 Å². The van der Waals surface area contributed by atoms with Crippen LogP contribution in [0, 0.1) is 18.3 Å². The second-order valence-corrected chi connectivity index (χ2v) is 6.30. The van der Waals surface area contributed by atoms with Crippen LogP contribution in [0.3, 0.4) is 0 Å². The molecule has 0 aromatic heterocycles. The standard InChI is InChI=1S/C12H14N2O3S/c1-9-6-10(7-13)2-3-12(9)18(16,17)14-5-4-11(15)8-14/h2-3,6,11,15H,4-5,8H2,1H3/t11-/m0/s1. The Morgan fingerprint density at radius 2 is 2.22 bits per heavy atom. The number of aliphatic hydroxyl groups excluding tert-OH is 1. The molecule has 2 rings (SSSR count). The Morgan fingerprint density at radius 1 is 1.50 bits per heavy atom. The first-order valence-corrected chi connectivity index (χ1v) is 7.08. The molecule has 1 aliphatic rings. The van der Waals surface area contributed by atoms with Gasteiger partial charge < -0.3 is 5.11 Å². The molecule has 1 heterocycles. The van der Waals surface area contributed by atoms with E-state index in [1.807, 2.05) is 6.07 Å². The van der Waals surface area contributed by atoms with Gasteiger partial charge in [0.25, 0.3) is 0 Å². The largest absolute Gasteiger partial charge is 0.392 e. The average Bonchev–Trinajstić information content (AvgIpc) is 2.76. The van der Waals surface area contributed by atoms with Crippen LogP contribution in [-0.2, 0) is 10.0 Å². The molecule has 0 radical (unpaired) electrons. The fraction of sp³-hybridized carbons (Fsp3) is 0.417. The minimum absolute atomic E-state index is 0.141. The number of aliphatic hydroxyl groups is 1. The highest BCUT2D eigenvalue weighted by molar-refractivity contribution is 7.89. The number of β-amino-alcohol motifs (C(OH)–C–C–N with tert-alkyl or cyclic N) is 1. The molecule has 1 aromatic carbocycles. The number of sulfonamides is 1. The van der Waals surface area contributed by atoms with Crippen LogP contribution in [0.1, 0.15) is 17.5 Å². The van der Waals surface area contributed by atoms with Crippen molar-refractivity contribution in [1.29, 1.82) is 5.26 Å². The molecule has 0 saturated carbocycles. The van der Waals surface area contributed by atoms with Crippen molar-refractivity contribution < 1.29 is 13.5 Å². The average molecular weight is 266 g/mol. The summed E-state index contributed by atoms with van der Waals surface area (Å²) < 4.78 is 25.9. The third-order valence-corrected chi connectivity index (χ3v) is 5.07. The van der Waals surface area contributed by atoms with E-state index in [0.717, 1.165) is 0 Å². The summed E-state index contributed by atoms with van der Waals surface area (Å²) in [6, 6.07) is 6.47. The number of aryl methyl sites for hydroxylation is 1. The molecule has 96 valence electrons. The van der Waals surface area contributed by atoms with Crippen molar-refractivity contribution in [2.24, 2.45) is 0 Å². The van der Waals surface area contributed by atoms with E-state index in [1.165, 1.54) is 16.4 Å². The molecule has 5 nitrogen and oxygen atoms in total. The molecule has 1 fully saturated rings. The monoisotopic (exact) mass is 266 g/mol. The van der Waals surface area contributed by atoms with Gasteiger partial charge in [-0.15, -0.1) is 0 Å². The first kappa shape index (κ1) is 13.0. The van der Waals surface area contributed by atoms with Crippen LogP contribution >= 0.6 is 0 Å². The van der Waals surface area contributed by atoms with Gasteiger partial charge in [-0.3, -0.25) is 0 Å². The van der Waals surface area contributed by atoms with Crippen LogP contribution in [0.4, 0.5) is 0 Å². The van der Waals surface area contributed by atoms with Crippen molar-refractivity contribution in [3.05, 3.63) is 29.3 Å². The summed E-state index contributed by atoms with van der Waals surface area (Å²) in [7, 11) is -3.56. The number of hydrogen-bond acceptors (Lipinski definition) is 4. The lowest BCUT2D eigenvalue weighted by molar-refractivity contribution is 0.189. The quantitative estimate of drug-likeness (QED) is 0.851. The summed E-state index contributed by atoms with van der Waals surface area (Å²) in [5, 5.41) is 18.2. The zero-order chi connectivity index (χ0) is 13.3. The highest BCUT2D eigenvalue weighted by Gasteiger charge is 2.32. The van der Waals surface area contributed by atoms with Crippen molar-refractivity contribution in [2.45, 2.75) is 24.3 Å². The van der Waals surface area contributed by atoms with Crippen LogP contribution < -0.4 is 0 Å². The molecule has 1 aromatic rings. The molecule has 0 amide bonds. The summed E-state index contributed by atoms with van der Waals surface area (Å²) in [4.78, 5) is 0.204. The summed E-state index contributed by atoms with van der Waals surface area (Å²) in [6.07, 6.45) is -0.118. The zero-order valence-corrected chi connectivity index (χ0v) is 10.8. The molecule has 0 aliphatic carbocycles. The fourth-order valence-corrected chi connectivity index (χ4v) is 3.77. The third-order valence-electron chi connectivity index (χ3n) is 3.05. The van der Waals surface area contributed by atoms with Crippen LogP contribution in [0.2, 0.25) is 0 Å². The van der Waals surface area contributed by atoms with E-state index >= 15 is 0 Å². The molecule has 1 N–H and O–H groups in total. The van der Waals surface area contributed by atoms with Gasteiger partial charge in [0.2, 0.25) is 10.0 Å². The molecule has 1 aliphatic heterocycles. The van der Waals surface area contributed by atoms with E-state index in [4.69, 9.17) is 5.26 Å². The zero-order valence-electron chi connectivity index (χ0n) is 10.00. The normalized spacial score (nSPS) is 20.8. The summed E-state index contributed by atoms with van der Waals surface area (Å²) in [5.74, 6) is 0. The number of nitriles is 1. The molecule has 1 saturated heterocycles. The number of benzene rings is 1.